The third kappa shape index (κ3) is 4.81. The molecule has 1 aliphatic heterocycles. The first-order valence-electron chi connectivity index (χ1n) is 11.6. The minimum atomic E-state index is -0.584. The number of benzene rings is 3. The number of carbonyl (C=O) groups is 2. The van der Waals surface area contributed by atoms with Crippen molar-refractivity contribution in [3.05, 3.63) is 101 Å². The van der Waals surface area contributed by atoms with E-state index in [4.69, 9.17) is 4.74 Å². The number of nitrogens with zero attached hydrogens (tertiary/aromatic N) is 1. The summed E-state index contributed by atoms with van der Waals surface area (Å²) in [4.78, 5) is 29.0. The lowest BCUT2D eigenvalue weighted by Gasteiger charge is -2.42. The molecule has 176 valence electrons. The quantitative estimate of drug-likeness (QED) is 0.468. The van der Waals surface area contributed by atoms with Crippen molar-refractivity contribution in [3.8, 4) is 5.75 Å². The van der Waals surface area contributed by atoms with Gasteiger partial charge < -0.3 is 15.0 Å². The highest BCUT2D eigenvalue weighted by molar-refractivity contribution is 6.01. The maximum Gasteiger partial charge on any atom is 0.255 e. The summed E-state index contributed by atoms with van der Waals surface area (Å²) in [5.74, 6) is -0.490. The van der Waals surface area contributed by atoms with Crippen molar-refractivity contribution >= 4 is 11.8 Å². The molecule has 1 aliphatic rings. The van der Waals surface area contributed by atoms with Crippen molar-refractivity contribution in [2.75, 3.05) is 13.7 Å². The number of hydrogen-bond acceptors (Lipinski definition) is 3. The molecular formula is C28H29FN2O3. The van der Waals surface area contributed by atoms with Crippen molar-refractivity contribution < 1.29 is 18.7 Å². The summed E-state index contributed by atoms with van der Waals surface area (Å²) in [6.07, 6.45) is 1.85. The van der Waals surface area contributed by atoms with E-state index >= 15 is 0 Å². The van der Waals surface area contributed by atoms with E-state index in [2.05, 4.69) is 12.2 Å². The van der Waals surface area contributed by atoms with E-state index in [1.54, 1.807) is 30.2 Å². The number of ether oxygens (including phenoxy) is 1. The summed E-state index contributed by atoms with van der Waals surface area (Å²) < 4.78 is 18.8. The van der Waals surface area contributed by atoms with Gasteiger partial charge in [0, 0.05) is 18.7 Å². The first-order chi connectivity index (χ1) is 16.5. The number of rotatable bonds is 8. The van der Waals surface area contributed by atoms with E-state index in [1.165, 1.54) is 12.1 Å². The number of halogens is 1. The van der Waals surface area contributed by atoms with Gasteiger partial charge in [0.05, 0.1) is 19.1 Å². The van der Waals surface area contributed by atoms with Crippen LogP contribution in [0.2, 0.25) is 0 Å². The van der Waals surface area contributed by atoms with Crippen molar-refractivity contribution in [2.45, 2.75) is 38.3 Å². The molecule has 0 saturated heterocycles. The zero-order valence-electron chi connectivity index (χ0n) is 19.5. The standard InChI is InChI=1S/C28H29FN2O3/c1-3-4-17-30-27(32)25-23-7-5-6-8-24(23)28(33)31(18-19-9-13-21(29)14-10-19)26(25)20-11-15-22(34-2)16-12-20/h5-16,25-26H,3-4,17-18H2,1-2H3,(H,30,32)/t25-,26-/m1/s1. The highest BCUT2D eigenvalue weighted by Gasteiger charge is 2.44. The van der Waals surface area contributed by atoms with Crippen molar-refractivity contribution in [2.24, 2.45) is 0 Å². The number of unbranched alkanes of at least 4 members (excludes halogenated alkanes) is 1. The van der Waals surface area contributed by atoms with Gasteiger partial charge in [0.15, 0.2) is 0 Å². The third-order valence-corrected chi connectivity index (χ3v) is 6.27. The molecule has 0 unspecified atom stereocenters. The minimum Gasteiger partial charge on any atom is -0.497 e. The molecule has 1 N–H and O–H groups in total. The summed E-state index contributed by atoms with van der Waals surface area (Å²) in [7, 11) is 1.60. The molecule has 0 aromatic heterocycles. The van der Waals surface area contributed by atoms with Crippen LogP contribution in [-0.4, -0.2) is 30.4 Å². The molecule has 3 aromatic rings. The molecule has 1 heterocycles. The second-order valence-corrected chi connectivity index (χ2v) is 8.49. The molecule has 2 amide bonds. The molecule has 0 fully saturated rings. The largest absolute Gasteiger partial charge is 0.497 e. The van der Waals surface area contributed by atoms with Gasteiger partial charge in [0.25, 0.3) is 5.91 Å². The van der Waals surface area contributed by atoms with Crippen molar-refractivity contribution in [1.29, 1.82) is 0 Å². The van der Waals surface area contributed by atoms with E-state index < -0.39 is 12.0 Å². The number of amides is 2. The first-order valence-corrected chi connectivity index (χ1v) is 11.6. The smallest absolute Gasteiger partial charge is 0.255 e. The Morgan fingerprint density at radius 1 is 1.03 bits per heavy atom. The molecule has 5 nitrogen and oxygen atoms in total. The van der Waals surface area contributed by atoms with E-state index in [1.807, 2.05) is 42.5 Å². The van der Waals surface area contributed by atoms with Gasteiger partial charge in [-0.3, -0.25) is 9.59 Å². The molecular weight excluding hydrogens is 431 g/mol. The van der Waals surface area contributed by atoms with Crippen LogP contribution in [0.4, 0.5) is 4.39 Å². The molecule has 0 radical (unpaired) electrons. The lowest BCUT2D eigenvalue weighted by molar-refractivity contribution is -0.124. The molecule has 34 heavy (non-hydrogen) atoms. The molecule has 2 atom stereocenters. The second-order valence-electron chi connectivity index (χ2n) is 8.49. The lowest BCUT2D eigenvalue weighted by atomic mass is 9.79. The summed E-state index contributed by atoms with van der Waals surface area (Å²) in [6.45, 7) is 2.91. The van der Waals surface area contributed by atoms with Crippen LogP contribution >= 0.6 is 0 Å². The van der Waals surface area contributed by atoms with Crippen molar-refractivity contribution in [3.63, 3.8) is 0 Å². The van der Waals surface area contributed by atoms with E-state index in [0.717, 1.165) is 29.5 Å². The molecule has 0 saturated carbocycles. The number of carbonyl (C=O) groups excluding carboxylic acids is 2. The monoisotopic (exact) mass is 460 g/mol. The molecule has 3 aromatic carbocycles. The van der Waals surface area contributed by atoms with Gasteiger partial charge in [-0.2, -0.15) is 0 Å². The maximum absolute atomic E-state index is 13.7. The van der Waals surface area contributed by atoms with Crippen LogP contribution < -0.4 is 10.1 Å². The molecule has 0 bridgehead atoms. The lowest BCUT2D eigenvalue weighted by Crippen LogP contribution is -2.47. The van der Waals surface area contributed by atoms with E-state index in [9.17, 15) is 14.0 Å². The Bertz CT molecular complexity index is 1150. The highest BCUT2D eigenvalue weighted by atomic mass is 19.1. The summed E-state index contributed by atoms with van der Waals surface area (Å²) in [5, 5.41) is 3.07. The van der Waals surface area contributed by atoms with E-state index in [-0.39, 0.29) is 24.2 Å². The van der Waals surface area contributed by atoms with Gasteiger partial charge >= 0.3 is 0 Å². The minimum absolute atomic E-state index is 0.113. The normalized spacial score (nSPS) is 17.3. The van der Waals surface area contributed by atoms with Crippen LogP contribution in [0.1, 0.15) is 58.8 Å². The predicted octanol–water partition coefficient (Wildman–Crippen LogP) is 5.23. The number of hydrogen-bond donors (Lipinski definition) is 1. The molecule has 6 heteroatoms. The van der Waals surface area contributed by atoms with Crippen LogP contribution in [-0.2, 0) is 11.3 Å². The summed E-state index contributed by atoms with van der Waals surface area (Å²) in [5.41, 5.74) is 2.86. The Balaban J connectivity index is 1.82. The number of nitrogens with one attached hydrogen (secondary N) is 1. The van der Waals surface area contributed by atoms with Crippen molar-refractivity contribution in [1.82, 2.24) is 10.2 Å². The van der Waals surface area contributed by atoms with Gasteiger partial charge in [-0.1, -0.05) is 55.8 Å². The fraction of sp³-hybridized carbons (Fsp3) is 0.286. The third-order valence-electron chi connectivity index (χ3n) is 6.27. The molecule has 4 rings (SSSR count). The van der Waals surface area contributed by atoms with Gasteiger partial charge in [-0.05, 0) is 53.4 Å². The Kier molecular flexibility index (Phi) is 7.26. The Morgan fingerprint density at radius 3 is 2.41 bits per heavy atom. The number of fused-ring (bicyclic) bond motifs is 1. The fourth-order valence-electron chi connectivity index (χ4n) is 4.51. The Morgan fingerprint density at radius 2 is 1.74 bits per heavy atom. The average Bonchev–Trinajstić information content (AvgIpc) is 2.87. The topological polar surface area (TPSA) is 58.6 Å². The SMILES string of the molecule is CCCCNC(=O)[C@@H]1c2ccccc2C(=O)N(Cc2ccc(F)cc2)[C@@H]1c1ccc(OC)cc1. The van der Waals surface area contributed by atoms with Crippen LogP contribution in [0.5, 0.6) is 5.75 Å². The molecule has 0 spiro atoms. The highest BCUT2D eigenvalue weighted by Crippen LogP contribution is 2.44. The summed E-state index contributed by atoms with van der Waals surface area (Å²) in [6, 6.07) is 20.4. The van der Waals surface area contributed by atoms with Crippen LogP contribution in [0, 0.1) is 5.82 Å². The summed E-state index contributed by atoms with van der Waals surface area (Å²) >= 11 is 0. The number of methoxy groups -OCH3 is 1. The fourth-order valence-corrected chi connectivity index (χ4v) is 4.51. The van der Waals surface area contributed by atoms with Gasteiger partial charge in [0.1, 0.15) is 11.6 Å². The van der Waals surface area contributed by atoms with Crippen LogP contribution in [0.15, 0.2) is 72.8 Å². The molecule has 0 aliphatic carbocycles. The zero-order chi connectivity index (χ0) is 24.1. The maximum atomic E-state index is 13.7. The van der Waals surface area contributed by atoms with Gasteiger partial charge in [-0.15, -0.1) is 0 Å². The Labute approximate surface area is 199 Å². The van der Waals surface area contributed by atoms with Gasteiger partial charge in [-0.25, -0.2) is 4.39 Å². The van der Waals surface area contributed by atoms with Gasteiger partial charge in [0.2, 0.25) is 5.91 Å². The Hall–Kier alpha value is -3.67. The predicted molar refractivity (Wildman–Crippen MR) is 129 cm³/mol. The van der Waals surface area contributed by atoms with E-state index in [0.29, 0.717) is 17.9 Å². The van der Waals surface area contributed by atoms with Crippen LogP contribution in [0.3, 0.4) is 0 Å². The second kappa shape index (κ2) is 10.5. The zero-order valence-corrected chi connectivity index (χ0v) is 19.5. The van der Waals surface area contributed by atoms with Crippen LogP contribution in [0.25, 0.3) is 0 Å². The average molecular weight is 461 g/mol. The first kappa shape index (κ1) is 23.5.